The van der Waals surface area contributed by atoms with Crippen LogP contribution < -0.4 is 20.1 Å². The standard InChI is InChI=1S/C24H23ClFN5O3/c1-15(24-30-29-22-5-3-4-10-31(22)24)27-13-16-6-9-20(21(11-16)33-2)34-14-23(32)28-17-7-8-19(26)18(25)12-17/h3-12,15,27H,13-14H2,1-2H3,(H,28,32)/t15-/m0/s1. The summed E-state index contributed by atoms with van der Waals surface area (Å²) in [5, 5.41) is 14.4. The SMILES string of the molecule is COc1cc(CN[C@@H](C)c2nnc3ccccn23)ccc1OCC(=O)Nc1ccc(F)c(Cl)c1. The van der Waals surface area contributed by atoms with Crippen molar-refractivity contribution in [2.45, 2.75) is 19.5 Å². The van der Waals surface area contributed by atoms with Crippen LogP contribution in [0.1, 0.15) is 24.4 Å². The van der Waals surface area contributed by atoms with Crippen molar-refractivity contribution in [3.8, 4) is 11.5 Å². The molecular weight excluding hydrogens is 461 g/mol. The number of amides is 1. The summed E-state index contributed by atoms with van der Waals surface area (Å²) in [4.78, 5) is 12.2. The summed E-state index contributed by atoms with van der Waals surface area (Å²) >= 11 is 5.74. The molecule has 2 aromatic heterocycles. The fourth-order valence-electron chi connectivity index (χ4n) is 3.37. The second-order valence-corrected chi connectivity index (χ2v) is 7.95. The van der Waals surface area contributed by atoms with E-state index in [0.717, 1.165) is 17.0 Å². The lowest BCUT2D eigenvalue weighted by Crippen LogP contribution is -2.21. The highest BCUT2D eigenvalue weighted by molar-refractivity contribution is 6.31. The largest absolute Gasteiger partial charge is 0.493 e. The molecule has 0 unspecified atom stereocenters. The third kappa shape index (κ3) is 5.44. The van der Waals surface area contributed by atoms with Crippen LogP contribution in [0.15, 0.2) is 60.8 Å². The molecule has 4 rings (SSSR count). The minimum atomic E-state index is -0.556. The molecule has 0 bridgehead atoms. The van der Waals surface area contributed by atoms with Crippen molar-refractivity contribution in [1.29, 1.82) is 0 Å². The quantitative estimate of drug-likeness (QED) is 0.367. The van der Waals surface area contributed by atoms with Crippen LogP contribution in [-0.2, 0) is 11.3 Å². The molecule has 0 saturated carbocycles. The van der Waals surface area contributed by atoms with Gasteiger partial charge in [0.1, 0.15) is 5.82 Å². The van der Waals surface area contributed by atoms with Gasteiger partial charge in [-0.15, -0.1) is 10.2 Å². The van der Waals surface area contributed by atoms with Crippen LogP contribution in [0.3, 0.4) is 0 Å². The van der Waals surface area contributed by atoms with Gasteiger partial charge in [-0.25, -0.2) is 4.39 Å². The van der Waals surface area contributed by atoms with E-state index < -0.39 is 11.7 Å². The van der Waals surface area contributed by atoms with E-state index in [1.807, 2.05) is 47.9 Å². The number of nitrogens with one attached hydrogen (secondary N) is 2. The molecule has 1 amide bonds. The van der Waals surface area contributed by atoms with E-state index in [4.69, 9.17) is 21.1 Å². The van der Waals surface area contributed by atoms with Crippen LogP contribution in [0, 0.1) is 5.82 Å². The normalized spacial score (nSPS) is 11.9. The van der Waals surface area contributed by atoms with Crippen LogP contribution in [-0.4, -0.2) is 34.2 Å². The summed E-state index contributed by atoms with van der Waals surface area (Å²) < 4.78 is 26.3. The number of benzene rings is 2. The maximum absolute atomic E-state index is 13.3. The van der Waals surface area contributed by atoms with Gasteiger partial charge < -0.3 is 20.1 Å². The number of hydrogen-bond donors (Lipinski definition) is 2. The van der Waals surface area contributed by atoms with E-state index in [0.29, 0.717) is 23.7 Å². The molecule has 0 radical (unpaired) electrons. The number of pyridine rings is 1. The summed E-state index contributed by atoms with van der Waals surface area (Å²) in [5.41, 5.74) is 2.14. The van der Waals surface area contributed by atoms with Crippen LogP contribution in [0.4, 0.5) is 10.1 Å². The average Bonchev–Trinajstić information content (AvgIpc) is 3.28. The van der Waals surface area contributed by atoms with Gasteiger partial charge >= 0.3 is 0 Å². The van der Waals surface area contributed by atoms with Crippen molar-refractivity contribution < 1.29 is 18.7 Å². The molecule has 1 atom stereocenters. The molecule has 4 aromatic rings. The van der Waals surface area contributed by atoms with Gasteiger partial charge in [0.2, 0.25) is 0 Å². The van der Waals surface area contributed by atoms with Gasteiger partial charge in [-0.3, -0.25) is 9.20 Å². The molecule has 8 nitrogen and oxygen atoms in total. The van der Waals surface area contributed by atoms with Crippen LogP contribution in [0.5, 0.6) is 11.5 Å². The predicted molar refractivity (Wildman–Crippen MR) is 127 cm³/mol. The summed E-state index contributed by atoms with van der Waals surface area (Å²) in [5.74, 6) is 0.771. The molecule has 0 spiro atoms. The number of fused-ring (bicyclic) bond motifs is 1. The Bertz CT molecular complexity index is 1310. The number of carbonyl (C=O) groups excluding carboxylic acids is 1. The smallest absolute Gasteiger partial charge is 0.262 e. The number of methoxy groups -OCH3 is 1. The van der Waals surface area contributed by atoms with Gasteiger partial charge in [0.25, 0.3) is 5.91 Å². The Hall–Kier alpha value is -3.69. The Labute approximate surface area is 200 Å². The number of aromatic nitrogens is 3. The molecule has 0 saturated heterocycles. The second kappa shape index (κ2) is 10.5. The Balaban J connectivity index is 1.34. The molecule has 0 aliphatic heterocycles. The summed E-state index contributed by atoms with van der Waals surface area (Å²) in [6.45, 7) is 2.33. The first-order valence-corrected chi connectivity index (χ1v) is 10.9. The van der Waals surface area contributed by atoms with Crippen LogP contribution >= 0.6 is 11.6 Å². The van der Waals surface area contributed by atoms with E-state index in [-0.39, 0.29) is 17.7 Å². The van der Waals surface area contributed by atoms with Crippen molar-refractivity contribution in [2.24, 2.45) is 0 Å². The maximum Gasteiger partial charge on any atom is 0.262 e. The lowest BCUT2D eigenvalue weighted by Gasteiger charge is -2.15. The molecule has 2 heterocycles. The third-order valence-electron chi connectivity index (χ3n) is 5.13. The predicted octanol–water partition coefficient (Wildman–Crippen LogP) is 4.40. The zero-order chi connectivity index (χ0) is 24.1. The number of nitrogens with zero attached hydrogens (tertiary/aromatic N) is 3. The molecular formula is C24H23ClFN5O3. The number of ether oxygens (including phenoxy) is 2. The van der Waals surface area contributed by atoms with E-state index in [2.05, 4.69) is 20.8 Å². The molecule has 176 valence electrons. The Morgan fingerprint density at radius 3 is 2.79 bits per heavy atom. The van der Waals surface area contributed by atoms with E-state index in [1.54, 1.807) is 6.07 Å². The summed E-state index contributed by atoms with van der Waals surface area (Å²) in [7, 11) is 1.53. The van der Waals surface area contributed by atoms with Crippen molar-refractivity contribution in [3.05, 3.63) is 83.0 Å². The number of halogens is 2. The highest BCUT2D eigenvalue weighted by Gasteiger charge is 2.14. The molecule has 34 heavy (non-hydrogen) atoms. The Morgan fingerprint density at radius 2 is 2.00 bits per heavy atom. The van der Waals surface area contributed by atoms with Crippen molar-refractivity contribution >= 4 is 28.8 Å². The molecule has 0 aliphatic carbocycles. The first-order chi connectivity index (χ1) is 16.4. The fraction of sp³-hybridized carbons (Fsp3) is 0.208. The van der Waals surface area contributed by atoms with E-state index in [1.165, 1.54) is 25.3 Å². The van der Waals surface area contributed by atoms with Gasteiger partial charge in [-0.05, 0) is 55.0 Å². The molecule has 2 aromatic carbocycles. The number of carbonyl (C=O) groups is 1. The zero-order valence-corrected chi connectivity index (χ0v) is 19.3. The first kappa shape index (κ1) is 23.5. The summed E-state index contributed by atoms with van der Waals surface area (Å²) in [6, 6.07) is 15.1. The number of rotatable bonds is 9. The third-order valence-corrected chi connectivity index (χ3v) is 5.42. The summed E-state index contributed by atoms with van der Waals surface area (Å²) in [6.07, 6.45) is 1.93. The molecule has 0 aliphatic rings. The van der Waals surface area contributed by atoms with E-state index in [9.17, 15) is 9.18 Å². The molecule has 10 heteroatoms. The minimum absolute atomic E-state index is 0.0389. The van der Waals surface area contributed by atoms with Gasteiger partial charge in [0.15, 0.2) is 29.6 Å². The van der Waals surface area contributed by atoms with Crippen molar-refractivity contribution in [1.82, 2.24) is 19.9 Å². The Kier molecular flexibility index (Phi) is 7.24. The van der Waals surface area contributed by atoms with Crippen molar-refractivity contribution in [2.75, 3.05) is 19.0 Å². The fourth-order valence-corrected chi connectivity index (χ4v) is 3.55. The molecule has 0 fully saturated rings. The monoisotopic (exact) mass is 483 g/mol. The van der Waals surface area contributed by atoms with Gasteiger partial charge in [0, 0.05) is 18.4 Å². The zero-order valence-electron chi connectivity index (χ0n) is 18.6. The first-order valence-electron chi connectivity index (χ1n) is 10.5. The average molecular weight is 484 g/mol. The van der Waals surface area contributed by atoms with Crippen LogP contribution in [0.2, 0.25) is 5.02 Å². The minimum Gasteiger partial charge on any atom is -0.493 e. The van der Waals surface area contributed by atoms with Gasteiger partial charge in [-0.2, -0.15) is 0 Å². The molecule has 2 N–H and O–H groups in total. The van der Waals surface area contributed by atoms with Crippen LogP contribution in [0.25, 0.3) is 5.65 Å². The lowest BCUT2D eigenvalue weighted by molar-refractivity contribution is -0.118. The number of anilines is 1. The highest BCUT2D eigenvalue weighted by atomic mass is 35.5. The van der Waals surface area contributed by atoms with E-state index >= 15 is 0 Å². The second-order valence-electron chi connectivity index (χ2n) is 7.54. The van der Waals surface area contributed by atoms with Gasteiger partial charge in [0.05, 0.1) is 18.2 Å². The maximum atomic E-state index is 13.3. The lowest BCUT2D eigenvalue weighted by atomic mass is 10.2. The highest BCUT2D eigenvalue weighted by Crippen LogP contribution is 2.28. The van der Waals surface area contributed by atoms with Gasteiger partial charge in [-0.1, -0.05) is 23.7 Å². The Morgan fingerprint density at radius 1 is 1.15 bits per heavy atom. The topological polar surface area (TPSA) is 89.8 Å². The van der Waals surface area contributed by atoms with Crippen molar-refractivity contribution in [3.63, 3.8) is 0 Å². The number of hydrogen-bond acceptors (Lipinski definition) is 6.